The molecule has 0 atom stereocenters. The number of hydrogen-bond acceptors (Lipinski definition) is 2. The van der Waals surface area contributed by atoms with E-state index in [9.17, 15) is 4.79 Å². The number of carbonyl (C=O) groups excluding carboxylic acids is 1. The molecule has 0 radical (unpaired) electrons. The number of nitrogens with zero attached hydrogens (tertiary/aromatic N) is 2. The first-order valence-corrected chi connectivity index (χ1v) is 5.61. The Morgan fingerprint density at radius 1 is 1.25 bits per heavy atom. The van der Waals surface area contributed by atoms with E-state index in [0.29, 0.717) is 12.8 Å². The smallest absolute Gasteiger partial charge is 0.227 e. The monoisotopic (exact) mass is 212 g/mol. The van der Waals surface area contributed by atoms with E-state index in [1.807, 2.05) is 4.90 Å². The van der Waals surface area contributed by atoms with Crippen LogP contribution in [0.25, 0.3) is 0 Å². The molecule has 0 saturated heterocycles. The van der Waals surface area contributed by atoms with Gasteiger partial charge in [0, 0.05) is 13.0 Å². The van der Waals surface area contributed by atoms with Crippen molar-refractivity contribution in [2.45, 2.75) is 25.7 Å². The molecule has 0 fully saturated rings. The Morgan fingerprint density at radius 3 is 2.75 bits per heavy atom. The van der Waals surface area contributed by atoms with Crippen molar-refractivity contribution < 1.29 is 4.79 Å². The Kier molecular flexibility index (Phi) is 1.97. The van der Waals surface area contributed by atoms with Gasteiger partial charge in [-0.05, 0) is 29.5 Å². The minimum absolute atomic E-state index is 0.249. The molecule has 3 rings (SSSR count). The maximum atomic E-state index is 11.7. The molecule has 0 aromatic heterocycles. The molecule has 1 amide bonds. The van der Waals surface area contributed by atoms with Crippen molar-refractivity contribution in [3.8, 4) is 6.07 Å². The Bertz CT molecular complexity index is 513. The van der Waals surface area contributed by atoms with E-state index in [-0.39, 0.29) is 5.91 Å². The van der Waals surface area contributed by atoms with Crippen LogP contribution in [0.3, 0.4) is 0 Å². The van der Waals surface area contributed by atoms with Crippen LogP contribution in [0.1, 0.15) is 23.1 Å². The fourth-order valence-electron chi connectivity index (χ4n) is 2.72. The zero-order valence-electron chi connectivity index (χ0n) is 8.99. The van der Waals surface area contributed by atoms with Crippen molar-refractivity contribution in [3.63, 3.8) is 0 Å². The molecule has 0 aliphatic carbocycles. The van der Waals surface area contributed by atoms with Crippen LogP contribution >= 0.6 is 0 Å². The van der Waals surface area contributed by atoms with E-state index < -0.39 is 0 Å². The lowest BCUT2D eigenvalue weighted by atomic mass is 9.96. The van der Waals surface area contributed by atoms with Crippen LogP contribution in [-0.2, 0) is 24.1 Å². The van der Waals surface area contributed by atoms with Gasteiger partial charge in [0.15, 0.2) is 0 Å². The zero-order chi connectivity index (χ0) is 11.1. The van der Waals surface area contributed by atoms with Gasteiger partial charge in [0.2, 0.25) is 5.91 Å². The molecule has 1 aromatic rings. The highest BCUT2D eigenvalue weighted by Gasteiger charge is 2.31. The summed E-state index contributed by atoms with van der Waals surface area (Å²) in [4.78, 5) is 13.6. The topological polar surface area (TPSA) is 44.1 Å². The molecule has 0 N–H and O–H groups in total. The van der Waals surface area contributed by atoms with E-state index in [0.717, 1.165) is 30.6 Å². The molecule has 3 heteroatoms. The average Bonchev–Trinajstić information content (AvgIpc) is 2.69. The van der Waals surface area contributed by atoms with Gasteiger partial charge in [-0.3, -0.25) is 4.79 Å². The average molecular weight is 212 g/mol. The normalized spacial score (nSPS) is 17.2. The molecular weight excluding hydrogens is 200 g/mol. The predicted octanol–water partition coefficient (Wildman–Crippen LogP) is 1.59. The number of aryl methyl sites for hydroxylation is 1. The number of anilines is 1. The van der Waals surface area contributed by atoms with Crippen molar-refractivity contribution in [2.24, 2.45) is 0 Å². The minimum Gasteiger partial charge on any atom is -0.312 e. The summed E-state index contributed by atoms with van der Waals surface area (Å²) in [6.07, 6.45) is 2.85. The molecule has 2 aliphatic rings. The predicted molar refractivity (Wildman–Crippen MR) is 60.1 cm³/mol. The maximum Gasteiger partial charge on any atom is 0.227 e. The largest absolute Gasteiger partial charge is 0.312 e. The van der Waals surface area contributed by atoms with Gasteiger partial charge in [0.25, 0.3) is 0 Å². The second kappa shape index (κ2) is 3.34. The Labute approximate surface area is 94.3 Å². The van der Waals surface area contributed by atoms with Crippen LogP contribution in [0.4, 0.5) is 5.69 Å². The standard InChI is InChI=1S/C13H12N2O/c14-5-3-9-7-10-1-2-12(16)15-6-4-11(8-9)13(10)15/h7-8H,1-4,6H2. The molecule has 3 nitrogen and oxygen atoms in total. The van der Waals surface area contributed by atoms with Gasteiger partial charge in [0.1, 0.15) is 0 Å². The second-order valence-corrected chi connectivity index (χ2v) is 4.39. The molecule has 2 heterocycles. The van der Waals surface area contributed by atoms with Gasteiger partial charge in [-0.1, -0.05) is 12.1 Å². The third-order valence-electron chi connectivity index (χ3n) is 3.39. The molecular formula is C13H12N2O. The van der Waals surface area contributed by atoms with Gasteiger partial charge in [0.05, 0.1) is 18.2 Å². The molecule has 80 valence electrons. The number of amides is 1. The van der Waals surface area contributed by atoms with Gasteiger partial charge in [-0.25, -0.2) is 0 Å². The highest BCUT2D eigenvalue weighted by molar-refractivity contribution is 5.98. The van der Waals surface area contributed by atoms with E-state index in [4.69, 9.17) is 5.26 Å². The fourth-order valence-corrected chi connectivity index (χ4v) is 2.72. The highest BCUT2D eigenvalue weighted by Crippen LogP contribution is 2.37. The minimum atomic E-state index is 0.249. The Hall–Kier alpha value is -1.82. The van der Waals surface area contributed by atoms with Crippen molar-refractivity contribution in [3.05, 3.63) is 28.8 Å². The lowest BCUT2D eigenvalue weighted by Crippen LogP contribution is -2.32. The third-order valence-corrected chi connectivity index (χ3v) is 3.39. The summed E-state index contributed by atoms with van der Waals surface area (Å²) < 4.78 is 0. The van der Waals surface area contributed by atoms with Crippen molar-refractivity contribution in [1.29, 1.82) is 5.26 Å². The van der Waals surface area contributed by atoms with E-state index >= 15 is 0 Å². The van der Waals surface area contributed by atoms with Crippen molar-refractivity contribution in [2.75, 3.05) is 11.4 Å². The summed E-state index contributed by atoms with van der Waals surface area (Å²) in [6, 6.07) is 6.36. The summed E-state index contributed by atoms with van der Waals surface area (Å²) in [7, 11) is 0. The van der Waals surface area contributed by atoms with Gasteiger partial charge in [-0.2, -0.15) is 5.26 Å². The van der Waals surface area contributed by atoms with Gasteiger partial charge >= 0.3 is 0 Å². The number of carbonyl (C=O) groups is 1. The third kappa shape index (κ3) is 1.23. The molecule has 16 heavy (non-hydrogen) atoms. The molecule has 0 unspecified atom stereocenters. The van der Waals surface area contributed by atoms with Gasteiger partial charge < -0.3 is 4.90 Å². The zero-order valence-corrected chi connectivity index (χ0v) is 8.99. The Morgan fingerprint density at radius 2 is 2.00 bits per heavy atom. The molecule has 0 saturated carbocycles. The number of rotatable bonds is 1. The first-order valence-electron chi connectivity index (χ1n) is 5.61. The molecule has 1 aromatic carbocycles. The number of hydrogen-bond donors (Lipinski definition) is 0. The van der Waals surface area contributed by atoms with Crippen molar-refractivity contribution in [1.82, 2.24) is 0 Å². The quantitative estimate of drug-likeness (QED) is 0.709. The number of nitriles is 1. The van der Waals surface area contributed by atoms with Crippen LogP contribution in [0.15, 0.2) is 12.1 Å². The van der Waals surface area contributed by atoms with Crippen LogP contribution in [0, 0.1) is 11.3 Å². The SMILES string of the molecule is N#CCc1cc2c3c(c1)CCN3C(=O)CC2. The highest BCUT2D eigenvalue weighted by atomic mass is 16.2. The van der Waals surface area contributed by atoms with Crippen LogP contribution in [-0.4, -0.2) is 12.5 Å². The van der Waals surface area contributed by atoms with Gasteiger partial charge in [-0.15, -0.1) is 0 Å². The van der Waals surface area contributed by atoms with Crippen LogP contribution in [0.5, 0.6) is 0 Å². The summed E-state index contributed by atoms with van der Waals surface area (Å²) >= 11 is 0. The van der Waals surface area contributed by atoms with E-state index in [1.54, 1.807) is 0 Å². The molecule has 0 bridgehead atoms. The second-order valence-electron chi connectivity index (χ2n) is 4.39. The molecule has 0 spiro atoms. The van der Waals surface area contributed by atoms with Crippen LogP contribution in [0.2, 0.25) is 0 Å². The maximum absolute atomic E-state index is 11.7. The van der Waals surface area contributed by atoms with Crippen molar-refractivity contribution >= 4 is 11.6 Å². The number of benzene rings is 1. The lowest BCUT2D eigenvalue weighted by molar-refractivity contribution is -0.118. The first kappa shape index (κ1) is 9.41. The summed E-state index contributed by atoms with van der Waals surface area (Å²) in [5, 5.41) is 8.73. The van der Waals surface area contributed by atoms with Crippen LogP contribution < -0.4 is 4.90 Å². The lowest BCUT2D eigenvalue weighted by Gasteiger charge is -2.25. The fraction of sp³-hybridized carbons (Fsp3) is 0.385. The first-order chi connectivity index (χ1) is 7.79. The molecule has 2 aliphatic heterocycles. The summed E-state index contributed by atoms with van der Waals surface area (Å²) in [5.41, 5.74) is 4.72. The van der Waals surface area contributed by atoms with E-state index in [2.05, 4.69) is 18.2 Å². The summed E-state index contributed by atoms with van der Waals surface area (Å²) in [6.45, 7) is 0.817. The Balaban J connectivity index is 2.13. The van der Waals surface area contributed by atoms with E-state index in [1.165, 1.54) is 11.1 Å². The summed E-state index contributed by atoms with van der Waals surface area (Å²) in [5.74, 6) is 0.249.